The average Bonchev–Trinajstić information content (AvgIpc) is 1.98. The predicted octanol–water partition coefficient (Wildman–Crippen LogP) is 1.41. The van der Waals surface area contributed by atoms with Crippen LogP contribution in [0.15, 0.2) is 0 Å². The molecule has 0 spiro atoms. The third kappa shape index (κ3) is 4.08. The summed E-state index contributed by atoms with van der Waals surface area (Å²) in [5.41, 5.74) is 0. The molecule has 0 bridgehead atoms. The molecule has 2 unspecified atom stereocenters. The molecule has 3 heteroatoms. The summed E-state index contributed by atoms with van der Waals surface area (Å²) in [5.74, 6) is 0. The normalized spacial score (nSPS) is 16.9. The molecule has 0 amide bonds. The van der Waals surface area contributed by atoms with Crippen molar-refractivity contribution in [2.75, 3.05) is 13.2 Å². The zero-order chi connectivity index (χ0) is 8.85. The maximum absolute atomic E-state index is 3.34. The Morgan fingerprint density at radius 3 is 2.18 bits per heavy atom. The summed E-state index contributed by atoms with van der Waals surface area (Å²) >= 11 is 0. The minimum Gasteiger partial charge on any atom is -0.323 e. The molecule has 0 saturated heterocycles. The van der Waals surface area contributed by atoms with E-state index >= 15 is 0 Å². The van der Waals surface area contributed by atoms with Gasteiger partial charge in [0, 0.05) is 8.80 Å². The highest BCUT2D eigenvalue weighted by Gasteiger charge is 2.19. The van der Waals surface area contributed by atoms with Crippen molar-refractivity contribution in [3.8, 4) is 0 Å². The van der Waals surface area contributed by atoms with Crippen LogP contribution in [0.3, 0.4) is 0 Å². The van der Waals surface area contributed by atoms with E-state index in [0.717, 1.165) is 5.16 Å². The molecule has 2 atom stereocenters. The summed E-state index contributed by atoms with van der Waals surface area (Å²) in [5, 5.41) is 4.46. The van der Waals surface area contributed by atoms with Gasteiger partial charge >= 0.3 is 0 Å². The van der Waals surface area contributed by atoms with Gasteiger partial charge in [-0.05, 0) is 13.2 Å². The van der Waals surface area contributed by atoms with E-state index in [9.17, 15) is 0 Å². The van der Waals surface area contributed by atoms with Gasteiger partial charge in [0.1, 0.15) is 0 Å². The molecule has 0 aromatic rings. The molecule has 0 rings (SSSR count). The van der Waals surface area contributed by atoms with Gasteiger partial charge < -0.3 is 5.32 Å². The van der Waals surface area contributed by atoms with Crippen molar-refractivity contribution in [1.29, 1.82) is 0 Å². The fraction of sp³-hybridized carbons (Fsp3) is 1.00. The summed E-state index contributed by atoms with van der Waals surface area (Å²) in [6.45, 7) is 9.81. The standard InChI is InChI=1S/C8H23NSi2/c1-6-11(7-9-3)8(2)10(4)5/h8-11H,6-7H2,1-5H3. The molecule has 0 aliphatic rings. The van der Waals surface area contributed by atoms with Crippen LogP contribution in [0.2, 0.25) is 24.3 Å². The summed E-state index contributed by atoms with van der Waals surface area (Å²) in [7, 11) is 1.32. The zero-order valence-corrected chi connectivity index (χ0v) is 11.0. The smallest absolute Gasteiger partial charge is 0.0523 e. The lowest BCUT2D eigenvalue weighted by atomic mass is 10.9. The Bertz CT molecular complexity index is 96.1. The molecule has 0 radical (unpaired) electrons. The lowest BCUT2D eigenvalue weighted by molar-refractivity contribution is 0.936. The molecule has 0 aliphatic heterocycles. The van der Waals surface area contributed by atoms with Crippen molar-refractivity contribution in [3.05, 3.63) is 0 Å². The fourth-order valence-corrected chi connectivity index (χ4v) is 9.02. The second kappa shape index (κ2) is 5.97. The molecule has 0 aromatic heterocycles. The molecule has 1 nitrogen and oxygen atoms in total. The van der Waals surface area contributed by atoms with Gasteiger partial charge in [0.15, 0.2) is 0 Å². The van der Waals surface area contributed by atoms with Crippen molar-refractivity contribution in [1.82, 2.24) is 5.32 Å². The number of hydrogen-bond donors (Lipinski definition) is 1. The van der Waals surface area contributed by atoms with Gasteiger partial charge in [-0.15, -0.1) is 0 Å². The molecule has 68 valence electrons. The second-order valence-corrected chi connectivity index (χ2v) is 11.9. The molecule has 0 saturated carbocycles. The first-order valence-corrected chi connectivity index (χ1v) is 10.1. The summed E-state index contributed by atoms with van der Waals surface area (Å²) < 4.78 is 0. The lowest BCUT2D eigenvalue weighted by Gasteiger charge is -2.23. The predicted molar refractivity (Wildman–Crippen MR) is 59.9 cm³/mol. The van der Waals surface area contributed by atoms with Crippen LogP contribution in [-0.4, -0.2) is 30.8 Å². The van der Waals surface area contributed by atoms with Crippen molar-refractivity contribution in [3.63, 3.8) is 0 Å². The van der Waals surface area contributed by atoms with Crippen molar-refractivity contribution in [2.45, 2.75) is 38.2 Å². The van der Waals surface area contributed by atoms with E-state index in [1.54, 1.807) is 0 Å². The molecular weight excluding hydrogens is 166 g/mol. The molecule has 0 aliphatic carbocycles. The molecule has 0 heterocycles. The van der Waals surface area contributed by atoms with Crippen LogP contribution in [0, 0.1) is 0 Å². The van der Waals surface area contributed by atoms with Gasteiger partial charge in [0.25, 0.3) is 0 Å². The average molecular weight is 189 g/mol. The van der Waals surface area contributed by atoms with Gasteiger partial charge in [-0.1, -0.05) is 38.2 Å². The number of nitrogens with one attached hydrogen (secondary N) is 1. The SMILES string of the molecule is CC[SiH](CNC)C(C)[SiH](C)C. The van der Waals surface area contributed by atoms with Crippen molar-refractivity contribution < 1.29 is 0 Å². The Morgan fingerprint density at radius 2 is 1.91 bits per heavy atom. The summed E-state index contributed by atoms with van der Waals surface area (Å²) in [6.07, 6.45) is 1.34. The van der Waals surface area contributed by atoms with Crippen molar-refractivity contribution in [2.24, 2.45) is 0 Å². The first-order valence-electron chi connectivity index (χ1n) is 4.78. The molecular formula is C8H23NSi2. The Labute approximate surface area is 74.8 Å². The van der Waals surface area contributed by atoms with E-state index in [2.05, 4.69) is 39.3 Å². The van der Waals surface area contributed by atoms with E-state index < -0.39 is 8.80 Å². The Hall–Kier alpha value is 0.394. The van der Waals surface area contributed by atoms with Crippen molar-refractivity contribution >= 4 is 17.6 Å². The van der Waals surface area contributed by atoms with Gasteiger partial charge in [0.2, 0.25) is 0 Å². The fourth-order valence-electron chi connectivity index (χ4n) is 1.51. The highest BCUT2D eigenvalue weighted by molar-refractivity contribution is 6.78. The van der Waals surface area contributed by atoms with Gasteiger partial charge in [-0.25, -0.2) is 0 Å². The minimum absolute atomic E-state index is 0.350. The van der Waals surface area contributed by atoms with Gasteiger partial charge in [-0.3, -0.25) is 0 Å². The van der Waals surface area contributed by atoms with E-state index in [1.165, 1.54) is 12.2 Å². The highest BCUT2D eigenvalue weighted by Crippen LogP contribution is 2.15. The van der Waals surface area contributed by atoms with E-state index in [4.69, 9.17) is 0 Å². The molecule has 1 N–H and O–H groups in total. The van der Waals surface area contributed by atoms with Crippen LogP contribution >= 0.6 is 0 Å². The first kappa shape index (κ1) is 11.4. The molecule has 0 fully saturated rings. The van der Waals surface area contributed by atoms with Crippen LogP contribution in [0.1, 0.15) is 13.8 Å². The van der Waals surface area contributed by atoms with E-state index in [-0.39, 0.29) is 8.80 Å². The van der Waals surface area contributed by atoms with Crippen LogP contribution in [0.25, 0.3) is 0 Å². The Morgan fingerprint density at radius 1 is 1.36 bits per heavy atom. The van der Waals surface area contributed by atoms with Gasteiger partial charge in [-0.2, -0.15) is 0 Å². The van der Waals surface area contributed by atoms with E-state index in [0.29, 0.717) is 0 Å². The Kier molecular flexibility index (Phi) is 6.18. The highest BCUT2D eigenvalue weighted by atomic mass is 28.3. The third-order valence-electron chi connectivity index (χ3n) is 2.79. The quantitative estimate of drug-likeness (QED) is 0.645. The van der Waals surface area contributed by atoms with Crippen LogP contribution in [0.5, 0.6) is 0 Å². The molecule has 11 heavy (non-hydrogen) atoms. The topological polar surface area (TPSA) is 12.0 Å². The van der Waals surface area contributed by atoms with Crippen LogP contribution < -0.4 is 5.32 Å². The third-order valence-corrected chi connectivity index (χ3v) is 12.3. The Balaban J connectivity index is 3.81. The monoisotopic (exact) mass is 189 g/mol. The molecule has 0 aromatic carbocycles. The van der Waals surface area contributed by atoms with Crippen LogP contribution in [-0.2, 0) is 0 Å². The lowest BCUT2D eigenvalue weighted by Crippen LogP contribution is -2.35. The van der Waals surface area contributed by atoms with E-state index in [1.807, 2.05) is 0 Å². The zero-order valence-electron chi connectivity index (χ0n) is 8.65. The first-order chi connectivity index (χ1) is 5.13. The second-order valence-electron chi connectivity index (χ2n) is 3.83. The maximum Gasteiger partial charge on any atom is 0.0523 e. The number of hydrogen-bond acceptors (Lipinski definition) is 1. The maximum atomic E-state index is 3.34. The van der Waals surface area contributed by atoms with Crippen LogP contribution in [0.4, 0.5) is 0 Å². The van der Waals surface area contributed by atoms with Gasteiger partial charge in [0.05, 0.1) is 8.80 Å². The summed E-state index contributed by atoms with van der Waals surface area (Å²) in [4.78, 5) is 0. The summed E-state index contributed by atoms with van der Waals surface area (Å²) in [6, 6.07) is 1.47. The largest absolute Gasteiger partial charge is 0.323 e. The number of rotatable bonds is 5. The minimum atomic E-state index is -0.414.